The second kappa shape index (κ2) is 6.59. The molecule has 0 aliphatic heterocycles. The Hall–Kier alpha value is -3.07. The lowest BCUT2D eigenvalue weighted by atomic mass is 10.2. The summed E-state index contributed by atoms with van der Waals surface area (Å²) in [4.78, 5) is 22.6. The molecule has 2 heterocycles. The van der Waals surface area contributed by atoms with Crippen LogP contribution in [0, 0.1) is 17.0 Å². The van der Waals surface area contributed by atoms with E-state index < -0.39 is 10.9 Å². The van der Waals surface area contributed by atoms with Crippen molar-refractivity contribution in [2.75, 3.05) is 0 Å². The van der Waals surface area contributed by atoms with Gasteiger partial charge in [0.1, 0.15) is 4.88 Å². The van der Waals surface area contributed by atoms with Gasteiger partial charge < -0.3 is 9.15 Å². The summed E-state index contributed by atoms with van der Waals surface area (Å²) < 4.78 is 10.5. The summed E-state index contributed by atoms with van der Waals surface area (Å²) in [6, 6.07) is 7.55. The highest BCUT2D eigenvalue weighted by Crippen LogP contribution is 2.22. The molecule has 1 aromatic carbocycles. The quantitative estimate of drug-likeness (QED) is 0.396. The first-order chi connectivity index (χ1) is 11.5. The van der Waals surface area contributed by atoms with E-state index in [0.717, 1.165) is 5.56 Å². The zero-order chi connectivity index (χ0) is 17.1. The van der Waals surface area contributed by atoms with Gasteiger partial charge in [-0.3, -0.25) is 10.1 Å². The minimum atomic E-state index is -0.491. The molecule has 3 rings (SSSR count). The molecule has 0 N–H and O–H groups in total. The first kappa shape index (κ1) is 15.8. The standard InChI is InChI=1S/C15H11N3O5S/c1-9-6-7-24-13(9)15(19)22-8-12-16-17-14(23-12)10-2-4-11(5-3-10)18(20)21/h2-7H,8H2,1H3. The Morgan fingerprint density at radius 1 is 1.29 bits per heavy atom. The summed E-state index contributed by atoms with van der Waals surface area (Å²) in [5, 5.41) is 20.1. The van der Waals surface area contributed by atoms with Crippen molar-refractivity contribution in [1.29, 1.82) is 0 Å². The molecule has 8 nitrogen and oxygen atoms in total. The zero-order valence-electron chi connectivity index (χ0n) is 12.5. The normalized spacial score (nSPS) is 10.5. The predicted octanol–water partition coefficient (Wildman–Crippen LogP) is 3.37. The van der Waals surface area contributed by atoms with Crippen molar-refractivity contribution >= 4 is 23.0 Å². The molecular weight excluding hydrogens is 334 g/mol. The minimum Gasteiger partial charge on any atom is -0.451 e. The van der Waals surface area contributed by atoms with Crippen LogP contribution < -0.4 is 0 Å². The highest BCUT2D eigenvalue weighted by Gasteiger charge is 2.15. The second-order valence-electron chi connectivity index (χ2n) is 4.81. The lowest BCUT2D eigenvalue weighted by Gasteiger charge is -2.00. The monoisotopic (exact) mass is 345 g/mol. The fourth-order valence-electron chi connectivity index (χ4n) is 1.93. The molecule has 0 amide bonds. The van der Waals surface area contributed by atoms with Gasteiger partial charge in [0.25, 0.3) is 11.6 Å². The van der Waals surface area contributed by atoms with E-state index >= 15 is 0 Å². The third kappa shape index (κ3) is 3.30. The fourth-order valence-corrected chi connectivity index (χ4v) is 2.75. The number of nitro benzene ring substituents is 1. The number of nitrogens with zero attached hydrogens (tertiary/aromatic N) is 3. The van der Waals surface area contributed by atoms with E-state index in [2.05, 4.69) is 10.2 Å². The highest BCUT2D eigenvalue weighted by atomic mass is 32.1. The van der Waals surface area contributed by atoms with E-state index in [9.17, 15) is 14.9 Å². The zero-order valence-corrected chi connectivity index (χ0v) is 13.3. The van der Waals surface area contributed by atoms with Crippen LogP contribution in [0.15, 0.2) is 40.1 Å². The van der Waals surface area contributed by atoms with Gasteiger partial charge in [0, 0.05) is 17.7 Å². The lowest BCUT2D eigenvalue weighted by molar-refractivity contribution is -0.384. The number of nitro groups is 1. The van der Waals surface area contributed by atoms with E-state index in [0.29, 0.717) is 10.4 Å². The lowest BCUT2D eigenvalue weighted by Crippen LogP contribution is -2.04. The maximum absolute atomic E-state index is 11.9. The molecule has 0 unspecified atom stereocenters. The number of ether oxygens (including phenoxy) is 1. The Kier molecular flexibility index (Phi) is 4.34. The van der Waals surface area contributed by atoms with E-state index in [1.165, 1.54) is 35.6 Å². The summed E-state index contributed by atoms with van der Waals surface area (Å²) in [5.41, 5.74) is 1.36. The van der Waals surface area contributed by atoms with Crippen molar-refractivity contribution < 1.29 is 18.9 Å². The topological polar surface area (TPSA) is 108 Å². The summed E-state index contributed by atoms with van der Waals surface area (Å²) in [5.74, 6) is -0.105. The number of hydrogen-bond donors (Lipinski definition) is 0. The Labute approximate surface area is 139 Å². The van der Waals surface area contributed by atoms with Gasteiger partial charge in [-0.1, -0.05) is 0 Å². The maximum atomic E-state index is 11.9. The van der Waals surface area contributed by atoms with Crippen molar-refractivity contribution in [3.63, 3.8) is 0 Å². The summed E-state index contributed by atoms with van der Waals surface area (Å²) in [6.45, 7) is 1.68. The Morgan fingerprint density at radius 3 is 2.67 bits per heavy atom. The van der Waals surface area contributed by atoms with Gasteiger partial charge in [-0.25, -0.2) is 4.79 Å². The van der Waals surface area contributed by atoms with Crippen LogP contribution in [0.3, 0.4) is 0 Å². The predicted molar refractivity (Wildman–Crippen MR) is 84.6 cm³/mol. The smallest absolute Gasteiger partial charge is 0.349 e. The molecule has 0 radical (unpaired) electrons. The number of non-ortho nitro benzene ring substituents is 1. The summed E-state index contributed by atoms with van der Waals surface area (Å²) >= 11 is 1.30. The average molecular weight is 345 g/mol. The molecule has 0 aliphatic rings. The molecule has 0 atom stereocenters. The van der Waals surface area contributed by atoms with Crippen molar-refractivity contribution in [2.24, 2.45) is 0 Å². The second-order valence-corrected chi connectivity index (χ2v) is 5.73. The molecule has 0 aliphatic carbocycles. The van der Waals surface area contributed by atoms with Crippen LogP contribution in [-0.2, 0) is 11.3 Å². The Balaban J connectivity index is 1.66. The molecule has 24 heavy (non-hydrogen) atoms. The first-order valence-corrected chi connectivity index (χ1v) is 7.71. The van der Waals surface area contributed by atoms with Crippen LogP contribution in [-0.4, -0.2) is 21.1 Å². The molecule has 0 fully saturated rings. The third-order valence-electron chi connectivity index (χ3n) is 3.17. The van der Waals surface area contributed by atoms with Crippen LogP contribution in [0.5, 0.6) is 0 Å². The van der Waals surface area contributed by atoms with Crippen LogP contribution in [0.2, 0.25) is 0 Å². The van der Waals surface area contributed by atoms with Gasteiger partial charge in [0.2, 0.25) is 5.89 Å². The molecule has 3 aromatic rings. The van der Waals surface area contributed by atoms with Gasteiger partial charge in [-0.2, -0.15) is 0 Å². The average Bonchev–Trinajstić information content (AvgIpc) is 3.21. The number of esters is 1. The van der Waals surface area contributed by atoms with Gasteiger partial charge >= 0.3 is 5.97 Å². The van der Waals surface area contributed by atoms with Crippen molar-refractivity contribution in [2.45, 2.75) is 13.5 Å². The van der Waals surface area contributed by atoms with Gasteiger partial charge in [0.15, 0.2) is 6.61 Å². The van der Waals surface area contributed by atoms with Crippen LogP contribution >= 0.6 is 11.3 Å². The molecule has 0 saturated carbocycles. The maximum Gasteiger partial charge on any atom is 0.349 e. The fraction of sp³-hybridized carbons (Fsp3) is 0.133. The number of carbonyl (C=O) groups excluding carboxylic acids is 1. The highest BCUT2D eigenvalue weighted by molar-refractivity contribution is 7.12. The molecule has 122 valence electrons. The summed E-state index contributed by atoms with van der Waals surface area (Å²) in [7, 11) is 0. The number of aryl methyl sites for hydroxylation is 1. The molecule has 2 aromatic heterocycles. The Bertz CT molecular complexity index is 885. The Morgan fingerprint density at radius 2 is 2.04 bits per heavy atom. The number of carbonyl (C=O) groups is 1. The van der Waals surface area contributed by atoms with Crippen molar-refractivity contribution in [3.8, 4) is 11.5 Å². The van der Waals surface area contributed by atoms with E-state index in [1.807, 2.05) is 18.4 Å². The minimum absolute atomic E-state index is 0.0289. The number of thiophene rings is 1. The molecule has 0 spiro atoms. The van der Waals surface area contributed by atoms with Crippen molar-refractivity contribution in [3.05, 3.63) is 62.2 Å². The largest absolute Gasteiger partial charge is 0.451 e. The van der Waals surface area contributed by atoms with E-state index in [-0.39, 0.29) is 24.1 Å². The number of hydrogen-bond acceptors (Lipinski definition) is 8. The van der Waals surface area contributed by atoms with Crippen LogP contribution in [0.4, 0.5) is 5.69 Å². The van der Waals surface area contributed by atoms with Gasteiger partial charge in [-0.05, 0) is 36.1 Å². The summed E-state index contributed by atoms with van der Waals surface area (Å²) in [6.07, 6.45) is 0. The molecule has 9 heteroatoms. The molecule has 0 bridgehead atoms. The van der Waals surface area contributed by atoms with E-state index in [4.69, 9.17) is 9.15 Å². The number of rotatable bonds is 5. The van der Waals surface area contributed by atoms with Gasteiger partial charge in [-0.15, -0.1) is 21.5 Å². The number of benzene rings is 1. The first-order valence-electron chi connectivity index (χ1n) is 6.83. The molecule has 0 saturated heterocycles. The van der Waals surface area contributed by atoms with E-state index in [1.54, 1.807) is 0 Å². The SMILES string of the molecule is Cc1ccsc1C(=O)OCc1nnc(-c2ccc([N+](=O)[O-])cc2)o1. The van der Waals surface area contributed by atoms with Crippen LogP contribution in [0.25, 0.3) is 11.5 Å². The third-order valence-corrected chi connectivity index (χ3v) is 4.16. The van der Waals surface area contributed by atoms with Crippen molar-refractivity contribution in [1.82, 2.24) is 10.2 Å². The molecular formula is C15H11N3O5S. The van der Waals surface area contributed by atoms with Gasteiger partial charge in [0.05, 0.1) is 4.92 Å². The van der Waals surface area contributed by atoms with Crippen LogP contribution in [0.1, 0.15) is 21.1 Å². The number of aromatic nitrogens is 2.